The van der Waals surface area contributed by atoms with Crippen LogP contribution in [0.1, 0.15) is 13.3 Å². The maximum Gasteiger partial charge on any atom is 1.00 e. The van der Waals surface area contributed by atoms with E-state index in [4.69, 9.17) is 23.9 Å². The normalized spacial score (nSPS) is 18.5. The summed E-state index contributed by atoms with van der Waals surface area (Å²) in [4.78, 5) is 7.27. The van der Waals surface area contributed by atoms with Crippen LogP contribution in [-0.4, -0.2) is 75.1 Å². The second-order valence-corrected chi connectivity index (χ2v) is 5.62. The van der Waals surface area contributed by atoms with Crippen LogP contribution in [-0.2, 0) is 17.1 Å². The van der Waals surface area contributed by atoms with E-state index >= 15 is 0 Å². The van der Waals surface area contributed by atoms with E-state index in [0.29, 0.717) is 0 Å². The number of nitriles is 1. The monoisotopic (exact) mass is 388 g/mol. The van der Waals surface area contributed by atoms with Gasteiger partial charge in [0.15, 0.2) is 0 Å². The molecule has 0 bridgehead atoms. The molecular formula is C12H26ClCuN4O4. The number of likely N-dealkylation sites (N-methyl/N-ethyl adjacent to an activating group) is 3. The smallest absolute Gasteiger partial charge is 0.305 e. The molecule has 0 spiro atoms. The number of nitrogens with zero attached hydrogens (tertiary/aromatic N) is 4. The van der Waals surface area contributed by atoms with Crippen LogP contribution in [0.5, 0.6) is 0 Å². The van der Waals surface area contributed by atoms with Gasteiger partial charge in [-0.2, -0.15) is 5.26 Å². The fraction of sp³-hybridized carbons (Fsp3) is 0.917. The maximum absolute atomic E-state index is 8.49. The molecule has 0 unspecified atom stereocenters. The van der Waals surface area contributed by atoms with E-state index in [1.165, 1.54) is 52.6 Å². The molecule has 0 radical (unpaired) electrons. The van der Waals surface area contributed by atoms with Crippen molar-refractivity contribution in [2.75, 3.05) is 60.4 Å². The second-order valence-electron chi connectivity index (χ2n) is 4.86. The molecule has 0 aliphatic carbocycles. The molecule has 1 rings (SSSR count). The van der Waals surface area contributed by atoms with E-state index in [1.807, 2.05) is 0 Å². The molecule has 0 saturated carbocycles. The van der Waals surface area contributed by atoms with Gasteiger partial charge >= 0.3 is 17.1 Å². The molecule has 0 aromatic carbocycles. The Morgan fingerprint density at radius 2 is 0.955 bits per heavy atom. The van der Waals surface area contributed by atoms with E-state index < -0.39 is 10.2 Å². The predicted octanol–water partition coefficient (Wildman–Crippen LogP) is -4.04. The van der Waals surface area contributed by atoms with E-state index in [-0.39, 0.29) is 17.1 Å². The minimum Gasteiger partial charge on any atom is -0.305 e. The summed E-state index contributed by atoms with van der Waals surface area (Å²) in [7, 11) is 1.70. The average Bonchev–Trinajstić information content (AvgIpc) is 2.32. The van der Waals surface area contributed by atoms with Gasteiger partial charge in [0, 0.05) is 33.1 Å². The number of hydrogen-bond acceptors (Lipinski definition) is 8. The van der Waals surface area contributed by atoms with Crippen molar-refractivity contribution in [3.63, 3.8) is 0 Å². The van der Waals surface area contributed by atoms with Crippen molar-refractivity contribution < 1.29 is 45.9 Å². The molecule has 1 heterocycles. The van der Waals surface area contributed by atoms with Gasteiger partial charge in [-0.3, -0.25) is 0 Å². The van der Waals surface area contributed by atoms with E-state index in [2.05, 4.69) is 35.8 Å². The standard InChI is InChI=1S/C10H23N3.C2H3N.ClHO4.Cu/c1-11-5-4-6-12(2)8-10-13(3)9-7-11;1-2-3;2-1(3,4)5;/h4-10H2,1-3H3;1H3;(H,2,3,4,5);/q;;;+1/p-1. The Balaban J connectivity index is -0.000000339. The quantitative estimate of drug-likeness (QED) is 0.383. The molecule has 1 fully saturated rings. The zero-order valence-electron chi connectivity index (χ0n) is 13.6. The molecule has 10 heteroatoms. The molecule has 0 aromatic heterocycles. The van der Waals surface area contributed by atoms with Crippen molar-refractivity contribution in [2.24, 2.45) is 0 Å². The number of rotatable bonds is 0. The van der Waals surface area contributed by atoms with Gasteiger partial charge in [0.25, 0.3) is 0 Å². The second kappa shape index (κ2) is 15.9. The zero-order valence-corrected chi connectivity index (χ0v) is 15.2. The SMILES string of the molecule is CC#N.CN1CCCN(C)CCN(C)CC1.[Cu+].[O-][Cl+3]([O-])([O-])[O-]. The summed E-state index contributed by atoms with van der Waals surface area (Å²) >= 11 is 0. The van der Waals surface area contributed by atoms with Gasteiger partial charge in [-0.25, -0.2) is 18.6 Å². The van der Waals surface area contributed by atoms with E-state index in [1.54, 1.807) is 6.07 Å². The summed E-state index contributed by atoms with van der Waals surface area (Å²) in [5.74, 6) is 0. The summed E-state index contributed by atoms with van der Waals surface area (Å²) in [6.45, 7) is 8.71. The molecule has 1 aliphatic rings. The minimum absolute atomic E-state index is 0. The summed E-state index contributed by atoms with van der Waals surface area (Å²) in [6, 6.07) is 1.75. The van der Waals surface area contributed by atoms with Crippen molar-refractivity contribution in [1.29, 1.82) is 5.26 Å². The van der Waals surface area contributed by atoms with Gasteiger partial charge in [0.05, 0.1) is 6.07 Å². The molecule has 0 N–H and O–H groups in total. The van der Waals surface area contributed by atoms with Crippen molar-refractivity contribution in [3.05, 3.63) is 0 Å². The van der Waals surface area contributed by atoms with Crippen molar-refractivity contribution in [1.82, 2.24) is 14.7 Å². The fourth-order valence-corrected chi connectivity index (χ4v) is 1.63. The topological polar surface area (TPSA) is 126 Å². The Labute approximate surface area is 146 Å². The summed E-state index contributed by atoms with van der Waals surface area (Å²) in [5, 5.41) is 7.32. The molecular weight excluding hydrogens is 363 g/mol. The fourth-order valence-electron chi connectivity index (χ4n) is 1.63. The van der Waals surface area contributed by atoms with Gasteiger partial charge in [0.1, 0.15) is 0 Å². The molecule has 1 saturated heterocycles. The predicted molar refractivity (Wildman–Crippen MR) is 68.4 cm³/mol. The van der Waals surface area contributed by atoms with Gasteiger partial charge in [-0.15, -0.1) is 10.2 Å². The van der Waals surface area contributed by atoms with Crippen LogP contribution in [0.4, 0.5) is 0 Å². The Kier molecular flexibility index (Phi) is 19.4. The van der Waals surface area contributed by atoms with Gasteiger partial charge < -0.3 is 14.7 Å². The number of halogens is 1. The largest absolute Gasteiger partial charge is 1.00 e. The van der Waals surface area contributed by atoms with Crippen LogP contribution in [0.15, 0.2) is 0 Å². The van der Waals surface area contributed by atoms with Crippen LogP contribution in [0, 0.1) is 21.6 Å². The molecule has 1 aliphatic heterocycles. The molecule has 136 valence electrons. The molecule has 8 nitrogen and oxygen atoms in total. The first-order chi connectivity index (χ1) is 9.60. The third kappa shape index (κ3) is 28.2. The third-order valence-corrected chi connectivity index (χ3v) is 2.81. The summed E-state index contributed by atoms with van der Waals surface area (Å²) < 4.78 is 34.0. The van der Waals surface area contributed by atoms with Crippen molar-refractivity contribution in [2.45, 2.75) is 13.3 Å². The van der Waals surface area contributed by atoms with Gasteiger partial charge in [-0.1, -0.05) is 0 Å². The van der Waals surface area contributed by atoms with Crippen molar-refractivity contribution >= 4 is 0 Å². The van der Waals surface area contributed by atoms with Crippen LogP contribution in [0.3, 0.4) is 0 Å². The van der Waals surface area contributed by atoms with Crippen LogP contribution >= 0.6 is 0 Å². The zero-order chi connectivity index (χ0) is 16.9. The Morgan fingerprint density at radius 3 is 1.18 bits per heavy atom. The molecule has 0 amide bonds. The van der Waals surface area contributed by atoms with Crippen LogP contribution in [0.25, 0.3) is 0 Å². The van der Waals surface area contributed by atoms with Gasteiger partial charge in [-0.05, 0) is 40.7 Å². The van der Waals surface area contributed by atoms with Crippen LogP contribution < -0.4 is 18.6 Å². The van der Waals surface area contributed by atoms with Crippen LogP contribution in [0.2, 0.25) is 0 Å². The Morgan fingerprint density at radius 1 is 0.773 bits per heavy atom. The average molecular weight is 389 g/mol. The molecule has 0 aromatic rings. The molecule has 22 heavy (non-hydrogen) atoms. The molecule has 0 atom stereocenters. The van der Waals surface area contributed by atoms with Gasteiger partial charge in [0.2, 0.25) is 0 Å². The summed E-state index contributed by atoms with van der Waals surface area (Å²) in [6.07, 6.45) is 1.30. The first-order valence-corrected chi connectivity index (χ1v) is 7.81. The van der Waals surface area contributed by atoms with E-state index in [9.17, 15) is 0 Å². The Hall–Kier alpha value is 0.0195. The maximum atomic E-state index is 8.49. The Bertz CT molecular complexity index is 269. The minimum atomic E-state index is -4.94. The first kappa shape index (κ1) is 26.9. The summed E-state index contributed by atoms with van der Waals surface area (Å²) in [5.41, 5.74) is 0. The third-order valence-electron chi connectivity index (χ3n) is 2.81. The van der Waals surface area contributed by atoms with Crippen molar-refractivity contribution in [3.8, 4) is 6.07 Å². The first-order valence-electron chi connectivity index (χ1n) is 6.58. The number of hydrogen-bond donors (Lipinski definition) is 0. The van der Waals surface area contributed by atoms with E-state index in [0.717, 1.165) is 0 Å².